The third-order valence-corrected chi connectivity index (χ3v) is 7.82. The highest BCUT2D eigenvalue weighted by molar-refractivity contribution is 7.89. The molecule has 7 nitrogen and oxygen atoms in total. The maximum atomic E-state index is 12.8. The maximum Gasteiger partial charge on any atom is 0.306 e. The van der Waals surface area contributed by atoms with E-state index in [0.717, 1.165) is 36.8 Å². The van der Waals surface area contributed by atoms with Crippen molar-refractivity contribution in [3.63, 3.8) is 0 Å². The minimum atomic E-state index is -3.49. The van der Waals surface area contributed by atoms with Gasteiger partial charge in [0, 0.05) is 31.1 Å². The first-order valence-electron chi connectivity index (χ1n) is 11.1. The van der Waals surface area contributed by atoms with Crippen molar-refractivity contribution in [2.75, 3.05) is 19.7 Å². The Bertz CT molecular complexity index is 1050. The second-order valence-corrected chi connectivity index (χ2v) is 10.3. The largest absolute Gasteiger partial charge is 0.456 e. The van der Waals surface area contributed by atoms with Gasteiger partial charge in [0.2, 0.25) is 10.0 Å². The van der Waals surface area contributed by atoms with Crippen LogP contribution in [0.1, 0.15) is 43.2 Å². The third kappa shape index (κ3) is 7.55. The molecule has 2 aromatic rings. The molecule has 1 saturated heterocycles. The molecule has 1 aliphatic heterocycles. The minimum Gasteiger partial charge on any atom is -0.456 e. The van der Waals surface area contributed by atoms with Crippen LogP contribution < -0.4 is 5.32 Å². The summed E-state index contributed by atoms with van der Waals surface area (Å²) in [6.07, 6.45) is 4.38. The highest BCUT2D eigenvalue weighted by Gasteiger charge is 2.24. The Balaban J connectivity index is 1.42. The van der Waals surface area contributed by atoms with Crippen LogP contribution >= 0.6 is 11.6 Å². The topological polar surface area (TPSA) is 92.8 Å². The second-order valence-electron chi connectivity index (χ2n) is 7.99. The first-order valence-corrected chi connectivity index (χ1v) is 12.9. The Labute approximate surface area is 200 Å². The van der Waals surface area contributed by atoms with Gasteiger partial charge in [-0.3, -0.25) is 9.59 Å². The summed E-state index contributed by atoms with van der Waals surface area (Å²) in [4.78, 5) is 24.2. The smallest absolute Gasteiger partial charge is 0.306 e. The van der Waals surface area contributed by atoms with Gasteiger partial charge in [-0.2, -0.15) is 4.31 Å². The van der Waals surface area contributed by atoms with Crippen LogP contribution in [0.25, 0.3) is 0 Å². The zero-order valence-electron chi connectivity index (χ0n) is 18.5. The maximum absolute atomic E-state index is 12.8. The number of hydrogen-bond donors (Lipinski definition) is 1. The number of halogens is 1. The van der Waals surface area contributed by atoms with Crippen molar-refractivity contribution in [2.45, 2.75) is 50.0 Å². The first kappa shape index (κ1) is 25.2. The zero-order valence-corrected chi connectivity index (χ0v) is 20.0. The van der Waals surface area contributed by atoms with Gasteiger partial charge in [-0.1, -0.05) is 54.8 Å². The van der Waals surface area contributed by atoms with E-state index in [1.54, 1.807) is 46.8 Å². The van der Waals surface area contributed by atoms with E-state index in [2.05, 4.69) is 5.32 Å². The van der Waals surface area contributed by atoms with E-state index >= 15 is 0 Å². The molecule has 0 unspecified atom stereocenters. The van der Waals surface area contributed by atoms with Crippen LogP contribution in [0.2, 0.25) is 5.02 Å². The number of nitrogens with one attached hydrogen (secondary N) is 1. The minimum absolute atomic E-state index is 0.0933. The quantitative estimate of drug-likeness (QED) is 0.539. The molecule has 0 spiro atoms. The number of sulfonamides is 1. The average molecular weight is 493 g/mol. The van der Waals surface area contributed by atoms with Crippen LogP contribution in [0.3, 0.4) is 0 Å². The predicted octanol–water partition coefficient (Wildman–Crippen LogP) is 3.70. The van der Waals surface area contributed by atoms with Gasteiger partial charge in [0.1, 0.15) is 0 Å². The fraction of sp³-hybridized carbons (Fsp3) is 0.417. The summed E-state index contributed by atoms with van der Waals surface area (Å²) in [5.74, 6) is -0.907. The van der Waals surface area contributed by atoms with Gasteiger partial charge < -0.3 is 10.1 Å². The molecule has 1 N–H and O–H groups in total. The Morgan fingerprint density at radius 2 is 1.64 bits per heavy atom. The van der Waals surface area contributed by atoms with Gasteiger partial charge in [0.05, 0.1) is 4.90 Å². The molecule has 9 heteroatoms. The number of esters is 1. The van der Waals surface area contributed by atoms with Crippen molar-refractivity contribution in [3.8, 4) is 0 Å². The number of benzene rings is 2. The molecule has 33 heavy (non-hydrogen) atoms. The fourth-order valence-corrected chi connectivity index (χ4v) is 5.33. The van der Waals surface area contributed by atoms with Crippen LogP contribution in [-0.2, 0) is 37.3 Å². The summed E-state index contributed by atoms with van der Waals surface area (Å²) < 4.78 is 32.3. The van der Waals surface area contributed by atoms with Crippen LogP contribution in [-0.4, -0.2) is 44.3 Å². The van der Waals surface area contributed by atoms with E-state index in [1.165, 1.54) is 0 Å². The van der Waals surface area contributed by atoms with Gasteiger partial charge >= 0.3 is 5.97 Å². The Kier molecular flexibility index (Phi) is 9.29. The summed E-state index contributed by atoms with van der Waals surface area (Å²) in [5.41, 5.74) is 1.60. The molecule has 0 aromatic heterocycles. The SMILES string of the molecule is O=C(COC(=O)CCc1ccc(S(=O)(=O)N2CCCCCC2)cc1)NCc1ccccc1Cl. The third-order valence-electron chi connectivity index (χ3n) is 5.54. The first-order chi connectivity index (χ1) is 15.9. The number of aryl methyl sites for hydroxylation is 1. The number of carbonyl (C=O) groups is 2. The second kappa shape index (κ2) is 12.2. The highest BCUT2D eigenvalue weighted by Crippen LogP contribution is 2.21. The van der Waals surface area contributed by atoms with Crippen molar-refractivity contribution in [3.05, 3.63) is 64.7 Å². The highest BCUT2D eigenvalue weighted by atomic mass is 35.5. The van der Waals surface area contributed by atoms with Crippen molar-refractivity contribution < 1.29 is 22.7 Å². The number of amides is 1. The lowest BCUT2D eigenvalue weighted by atomic mass is 10.1. The lowest BCUT2D eigenvalue weighted by Crippen LogP contribution is -2.31. The molecule has 1 amide bonds. The number of hydrogen-bond acceptors (Lipinski definition) is 5. The number of carbonyl (C=O) groups excluding carboxylic acids is 2. The molecule has 2 aromatic carbocycles. The number of nitrogens with zero attached hydrogens (tertiary/aromatic N) is 1. The Morgan fingerprint density at radius 1 is 0.970 bits per heavy atom. The van der Waals surface area contributed by atoms with E-state index < -0.39 is 21.9 Å². The van der Waals surface area contributed by atoms with E-state index in [-0.39, 0.29) is 24.5 Å². The lowest BCUT2D eigenvalue weighted by Gasteiger charge is -2.20. The molecule has 0 saturated carbocycles. The van der Waals surface area contributed by atoms with Crippen LogP contribution in [0.4, 0.5) is 0 Å². The van der Waals surface area contributed by atoms with Crippen LogP contribution in [0, 0.1) is 0 Å². The molecule has 0 bridgehead atoms. The summed E-state index contributed by atoms with van der Waals surface area (Å²) in [6, 6.07) is 13.8. The average Bonchev–Trinajstić information content (AvgIpc) is 3.11. The molecule has 0 atom stereocenters. The van der Waals surface area contributed by atoms with E-state index in [4.69, 9.17) is 16.3 Å². The van der Waals surface area contributed by atoms with Crippen molar-refractivity contribution in [1.82, 2.24) is 9.62 Å². The molecule has 3 rings (SSSR count). The normalized spacial score (nSPS) is 14.9. The number of ether oxygens (including phenoxy) is 1. The summed E-state index contributed by atoms with van der Waals surface area (Å²) >= 11 is 6.04. The molecule has 1 fully saturated rings. The van der Waals surface area contributed by atoms with Crippen molar-refractivity contribution in [2.24, 2.45) is 0 Å². The van der Waals surface area contributed by atoms with E-state index in [9.17, 15) is 18.0 Å². The van der Waals surface area contributed by atoms with Crippen LogP contribution in [0.5, 0.6) is 0 Å². The number of rotatable bonds is 9. The van der Waals surface area contributed by atoms with Crippen molar-refractivity contribution >= 4 is 33.5 Å². The van der Waals surface area contributed by atoms with Crippen molar-refractivity contribution in [1.29, 1.82) is 0 Å². The predicted molar refractivity (Wildman–Crippen MR) is 126 cm³/mol. The lowest BCUT2D eigenvalue weighted by molar-refractivity contribution is -0.148. The van der Waals surface area contributed by atoms with E-state index in [0.29, 0.717) is 24.5 Å². The molecule has 0 aliphatic carbocycles. The Morgan fingerprint density at radius 3 is 2.30 bits per heavy atom. The van der Waals surface area contributed by atoms with Gasteiger partial charge in [0.15, 0.2) is 6.61 Å². The van der Waals surface area contributed by atoms with E-state index in [1.807, 2.05) is 6.07 Å². The molecular formula is C24H29ClN2O5S. The summed E-state index contributed by atoms with van der Waals surface area (Å²) in [5, 5.41) is 3.21. The molecule has 1 aliphatic rings. The molecule has 178 valence electrons. The van der Waals surface area contributed by atoms with Gasteiger partial charge in [-0.15, -0.1) is 0 Å². The molecular weight excluding hydrogens is 464 g/mol. The molecule has 1 heterocycles. The fourth-order valence-electron chi connectivity index (χ4n) is 3.61. The summed E-state index contributed by atoms with van der Waals surface area (Å²) in [7, 11) is -3.49. The van der Waals surface area contributed by atoms with Gasteiger partial charge in [0.25, 0.3) is 5.91 Å². The van der Waals surface area contributed by atoms with Crippen LogP contribution in [0.15, 0.2) is 53.4 Å². The van der Waals surface area contributed by atoms with Gasteiger partial charge in [-0.05, 0) is 48.6 Å². The molecule has 0 radical (unpaired) electrons. The zero-order chi connectivity index (χ0) is 23.7. The standard InChI is InChI=1S/C24H29ClN2O5S/c25-22-8-4-3-7-20(22)17-26-23(28)18-32-24(29)14-11-19-9-12-21(13-10-19)33(30,31)27-15-5-1-2-6-16-27/h3-4,7-10,12-13H,1-2,5-6,11,14-18H2,(H,26,28). The summed E-state index contributed by atoms with van der Waals surface area (Å²) in [6.45, 7) is 1.00. The van der Waals surface area contributed by atoms with Gasteiger partial charge in [-0.25, -0.2) is 8.42 Å². The monoisotopic (exact) mass is 492 g/mol. The Hall–Kier alpha value is -2.42.